The Morgan fingerprint density at radius 3 is 2.91 bits per heavy atom. The van der Waals surface area contributed by atoms with Gasteiger partial charge in [0.05, 0.1) is 0 Å². The molecule has 126 valence electrons. The normalized spacial score (nSPS) is 27.1. The number of nitrogens with one attached hydrogen (secondary N) is 1. The summed E-state index contributed by atoms with van der Waals surface area (Å²) in [6, 6.07) is 7.13. The van der Waals surface area contributed by atoms with E-state index in [9.17, 15) is 13.6 Å². The number of hydrogen-bond acceptors (Lipinski definition) is 3. The third-order valence-corrected chi connectivity index (χ3v) is 4.78. The average Bonchev–Trinajstić information content (AvgIpc) is 3.34. The van der Waals surface area contributed by atoms with E-state index in [0.29, 0.717) is 18.0 Å². The number of alkyl halides is 2. The first-order valence-corrected chi connectivity index (χ1v) is 8.10. The standard InChI is InChI=1S/C17H22F2N2O2/c1-20-11-5-4-8-21(10-11)16(22)14-9-13(14)12-6-2-3-7-15(12)23-17(18)19/h2-3,6-7,11,13-14,17,20H,4-5,8-10H2,1H3. The second-order valence-corrected chi connectivity index (χ2v) is 6.28. The van der Waals surface area contributed by atoms with Gasteiger partial charge in [0.2, 0.25) is 5.91 Å². The fourth-order valence-corrected chi connectivity index (χ4v) is 3.45. The molecule has 1 aromatic rings. The number of nitrogens with zero attached hydrogens (tertiary/aromatic N) is 1. The number of amides is 1. The van der Waals surface area contributed by atoms with Gasteiger partial charge in [-0.1, -0.05) is 18.2 Å². The van der Waals surface area contributed by atoms with E-state index >= 15 is 0 Å². The van der Waals surface area contributed by atoms with Crippen LogP contribution in [0.3, 0.4) is 0 Å². The molecule has 1 aliphatic carbocycles. The highest BCUT2D eigenvalue weighted by molar-refractivity contribution is 5.83. The summed E-state index contributed by atoms with van der Waals surface area (Å²) in [5, 5.41) is 3.22. The van der Waals surface area contributed by atoms with Gasteiger partial charge in [0.25, 0.3) is 0 Å². The van der Waals surface area contributed by atoms with E-state index in [1.165, 1.54) is 0 Å². The Kier molecular flexibility index (Phi) is 4.80. The topological polar surface area (TPSA) is 41.6 Å². The molecule has 0 spiro atoms. The van der Waals surface area contributed by atoms with Crippen molar-refractivity contribution >= 4 is 5.91 Å². The van der Waals surface area contributed by atoms with Crippen LogP contribution in [0.2, 0.25) is 0 Å². The molecule has 1 N–H and O–H groups in total. The molecule has 2 aliphatic rings. The number of rotatable bonds is 5. The van der Waals surface area contributed by atoms with Gasteiger partial charge in [0, 0.05) is 25.0 Å². The lowest BCUT2D eigenvalue weighted by Crippen LogP contribution is -2.47. The molecule has 3 rings (SSSR count). The van der Waals surface area contributed by atoms with E-state index in [0.717, 1.165) is 25.9 Å². The van der Waals surface area contributed by atoms with Crippen LogP contribution < -0.4 is 10.1 Å². The number of ether oxygens (including phenoxy) is 1. The van der Waals surface area contributed by atoms with E-state index < -0.39 is 6.61 Å². The first-order valence-electron chi connectivity index (χ1n) is 8.10. The van der Waals surface area contributed by atoms with Crippen molar-refractivity contribution in [1.29, 1.82) is 0 Å². The number of benzene rings is 1. The number of likely N-dealkylation sites (tertiary alicyclic amines) is 1. The van der Waals surface area contributed by atoms with Crippen LogP contribution in [-0.2, 0) is 4.79 Å². The van der Waals surface area contributed by atoms with Gasteiger partial charge in [-0.3, -0.25) is 4.79 Å². The van der Waals surface area contributed by atoms with Crippen molar-refractivity contribution in [3.05, 3.63) is 29.8 Å². The average molecular weight is 324 g/mol. The van der Waals surface area contributed by atoms with Gasteiger partial charge in [-0.05, 0) is 43.9 Å². The quantitative estimate of drug-likeness (QED) is 0.905. The molecule has 23 heavy (non-hydrogen) atoms. The van der Waals surface area contributed by atoms with Gasteiger partial charge < -0.3 is 15.0 Å². The smallest absolute Gasteiger partial charge is 0.387 e. The second-order valence-electron chi connectivity index (χ2n) is 6.28. The molecule has 0 radical (unpaired) electrons. The predicted octanol–water partition coefficient (Wildman–Crippen LogP) is 2.60. The summed E-state index contributed by atoms with van der Waals surface area (Å²) in [6.45, 7) is -1.33. The summed E-state index contributed by atoms with van der Waals surface area (Å²) in [5.74, 6) is 0.219. The van der Waals surface area contributed by atoms with E-state index in [1.54, 1.807) is 24.3 Å². The van der Waals surface area contributed by atoms with Crippen LogP contribution in [0.15, 0.2) is 24.3 Å². The Morgan fingerprint density at radius 1 is 1.39 bits per heavy atom. The monoisotopic (exact) mass is 324 g/mol. The Morgan fingerprint density at radius 2 is 2.17 bits per heavy atom. The third kappa shape index (κ3) is 3.63. The summed E-state index contributed by atoms with van der Waals surface area (Å²) >= 11 is 0. The zero-order valence-corrected chi connectivity index (χ0v) is 13.2. The van der Waals surface area contributed by atoms with Crippen LogP contribution in [0.5, 0.6) is 5.75 Å². The number of hydrogen-bond donors (Lipinski definition) is 1. The van der Waals surface area contributed by atoms with Crippen molar-refractivity contribution in [2.75, 3.05) is 20.1 Å². The van der Waals surface area contributed by atoms with Crippen molar-refractivity contribution in [2.24, 2.45) is 5.92 Å². The number of para-hydroxylation sites is 1. The summed E-state index contributed by atoms with van der Waals surface area (Å²) in [6.07, 6.45) is 2.79. The van der Waals surface area contributed by atoms with Crippen LogP contribution in [0.4, 0.5) is 8.78 Å². The number of piperidine rings is 1. The molecule has 1 heterocycles. The number of likely N-dealkylation sites (N-methyl/N-ethyl adjacent to an activating group) is 1. The molecule has 1 saturated carbocycles. The van der Waals surface area contributed by atoms with Crippen LogP contribution in [0.1, 0.15) is 30.7 Å². The highest BCUT2D eigenvalue weighted by atomic mass is 19.3. The zero-order chi connectivity index (χ0) is 16.4. The number of carbonyl (C=O) groups is 1. The van der Waals surface area contributed by atoms with Gasteiger partial charge in [-0.2, -0.15) is 8.78 Å². The molecule has 3 unspecified atom stereocenters. The predicted molar refractivity (Wildman–Crippen MR) is 82.6 cm³/mol. The molecule has 1 aromatic carbocycles. The van der Waals surface area contributed by atoms with E-state index in [1.807, 2.05) is 11.9 Å². The minimum Gasteiger partial charge on any atom is -0.435 e. The molecule has 1 aliphatic heterocycles. The molecule has 0 bridgehead atoms. The first-order chi connectivity index (χ1) is 11.1. The molecule has 6 heteroatoms. The van der Waals surface area contributed by atoms with Crippen molar-refractivity contribution in [3.8, 4) is 5.75 Å². The SMILES string of the molecule is CNC1CCCN(C(=O)C2CC2c2ccccc2OC(F)F)C1. The fourth-order valence-electron chi connectivity index (χ4n) is 3.45. The molecule has 2 fully saturated rings. The van der Waals surface area contributed by atoms with Crippen LogP contribution >= 0.6 is 0 Å². The summed E-state index contributed by atoms with van der Waals surface area (Å²) < 4.78 is 29.6. The van der Waals surface area contributed by atoms with Crippen molar-refractivity contribution in [3.63, 3.8) is 0 Å². The summed E-state index contributed by atoms with van der Waals surface area (Å²) in [4.78, 5) is 14.6. The van der Waals surface area contributed by atoms with E-state index in [2.05, 4.69) is 10.1 Å². The summed E-state index contributed by atoms with van der Waals surface area (Å²) in [5.41, 5.74) is 0.716. The Bertz CT molecular complexity index is 567. The second kappa shape index (κ2) is 6.83. The first kappa shape index (κ1) is 16.2. The molecule has 0 aromatic heterocycles. The maximum absolute atomic E-state index is 12.6. The van der Waals surface area contributed by atoms with Crippen LogP contribution in [0, 0.1) is 5.92 Å². The Hall–Kier alpha value is -1.69. The zero-order valence-electron chi connectivity index (χ0n) is 13.2. The van der Waals surface area contributed by atoms with E-state index in [-0.39, 0.29) is 23.5 Å². The lowest BCUT2D eigenvalue weighted by molar-refractivity contribution is -0.134. The minimum atomic E-state index is -2.84. The van der Waals surface area contributed by atoms with Crippen molar-refractivity contribution in [1.82, 2.24) is 10.2 Å². The summed E-state index contributed by atoms with van der Waals surface area (Å²) in [7, 11) is 1.91. The third-order valence-electron chi connectivity index (χ3n) is 4.78. The molecular weight excluding hydrogens is 302 g/mol. The Labute approximate surface area is 134 Å². The van der Waals surface area contributed by atoms with Gasteiger partial charge >= 0.3 is 6.61 Å². The molecule has 4 nitrogen and oxygen atoms in total. The molecule has 3 atom stereocenters. The fraction of sp³-hybridized carbons (Fsp3) is 0.588. The van der Waals surface area contributed by atoms with Gasteiger partial charge in [-0.15, -0.1) is 0 Å². The lowest BCUT2D eigenvalue weighted by atomic mass is 10.0. The maximum Gasteiger partial charge on any atom is 0.387 e. The lowest BCUT2D eigenvalue weighted by Gasteiger charge is -2.32. The van der Waals surface area contributed by atoms with Gasteiger partial charge in [-0.25, -0.2) is 0 Å². The minimum absolute atomic E-state index is 0.00703. The molecular formula is C17H22F2N2O2. The Balaban J connectivity index is 1.66. The number of halogens is 2. The van der Waals surface area contributed by atoms with Gasteiger partial charge in [0.15, 0.2) is 0 Å². The van der Waals surface area contributed by atoms with Crippen molar-refractivity contribution < 1.29 is 18.3 Å². The van der Waals surface area contributed by atoms with Gasteiger partial charge in [0.1, 0.15) is 5.75 Å². The highest BCUT2D eigenvalue weighted by Gasteiger charge is 2.47. The number of carbonyl (C=O) groups excluding carboxylic acids is 1. The highest BCUT2D eigenvalue weighted by Crippen LogP contribution is 2.51. The maximum atomic E-state index is 12.6. The molecule has 1 saturated heterocycles. The largest absolute Gasteiger partial charge is 0.435 e. The van der Waals surface area contributed by atoms with Crippen LogP contribution in [0.25, 0.3) is 0 Å². The van der Waals surface area contributed by atoms with E-state index in [4.69, 9.17) is 0 Å². The molecule has 1 amide bonds. The van der Waals surface area contributed by atoms with Crippen LogP contribution in [-0.4, -0.2) is 43.6 Å². The van der Waals surface area contributed by atoms with Crippen molar-refractivity contribution in [2.45, 2.75) is 37.8 Å².